The molecule has 0 aliphatic carbocycles. The molecule has 0 saturated carbocycles. The maximum Gasteiger partial charge on any atom is 0.274 e. The number of fused-ring (bicyclic) bond motifs is 1. The predicted molar refractivity (Wildman–Crippen MR) is 104 cm³/mol. The number of aromatic nitrogens is 3. The number of hydrogen-bond acceptors (Lipinski definition) is 7. The van der Waals surface area contributed by atoms with Crippen molar-refractivity contribution < 1.29 is 14.0 Å². The van der Waals surface area contributed by atoms with E-state index in [-0.39, 0.29) is 0 Å². The van der Waals surface area contributed by atoms with Gasteiger partial charge in [-0.1, -0.05) is 5.16 Å². The largest absolute Gasteiger partial charge is 0.495 e. The zero-order chi connectivity index (χ0) is 18.5. The third-order valence-electron chi connectivity index (χ3n) is 4.14. The summed E-state index contributed by atoms with van der Waals surface area (Å²) in [6.45, 7) is 2.46. The van der Waals surface area contributed by atoms with Gasteiger partial charge in [-0.05, 0) is 43.7 Å². The third kappa shape index (κ3) is 3.81. The summed E-state index contributed by atoms with van der Waals surface area (Å²) in [5, 5.41) is 4.85. The smallest absolute Gasteiger partial charge is 0.274 e. The number of aryl methyl sites for hydroxylation is 2. The Labute approximate surface area is 156 Å². The zero-order valence-corrected chi connectivity index (χ0v) is 16.1. The van der Waals surface area contributed by atoms with E-state index in [1.165, 1.54) is 0 Å². The maximum absolute atomic E-state index is 6.03. The summed E-state index contributed by atoms with van der Waals surface area (Å²) >= 11 is 1.75. The lowest BCUT2D eigenvalue weighted by Gasteiger charge is -2.11. The molecule has 0 atom stereocenters. The van der Waals surface area contributed by atoms with Crippen LogP contribution in [-0.4, -0.2) is 40.1 Å². The quantitative estimate of drug-likeness (QED) is 0.452. The fraction of sp³-hybridized carbons (Fsp3) is 0.444. The highest BCUT2D eigenvalue weighted by molar-refractivity contribution is 7.99. The number of unbranched alkanes of at least 4 members (excludes halogenated alkanes) is 1. The molecule has 3 rings (SSSR count). The molecule has 8 heteroatoms. The van der Waals surface area contributed by atoms with Gasteiger partial charge >= 0.3 is 0 Å². The average molecular weight is 376 g/mol. The van der Waals surface area contributed by atoms with E-state index in [0.29, 0.717) is 24.2 Å². The fourth-order valence-electron chi connectivity index (χ4n) is 2.88. The number of ether oxygens (including phenoxy) is 2. The summed E-state index contributed by atoms with van der Waals surface area (Å²) in [4.78, 5) is 4.33. The Kier molecular flexibility index (Phi) is 6.05. The van der Waals surface area contributed by atoms with Crippen LogP contribution >= 0.6 is 11.8 Å². The van der Waals surface area contributed by atoms with E-state index in [1.807, 2.05) is 29.8 Å². The second-order valence-corrected chi connectivity index (χ2v) is 7.04. The molecular formula is C18H24N4O3S. The monoisotopic (exact) mass is 376 g/mol. The SMILES string of the molecule is COc1ccc(OCCCCSCN)c2cc(-c3nc(C)no3)n(C)c12. The molecule has 140 valence electrons. The molecule has 2 N–H and O–H groups in total. The first-order chi connectivity index (χ1) is 12.7. The van der Waals surface area contributed by atoms with Crippen LogP contribution in [0.4, 0.5) is 0 Å². The van der Waals surface area contributed by atoms with Crippen LogP contribution in [0.3, 0.4) is 0 Å². The molecule has 0 amide bonds. The first-order valence-corrected chi connectivity index (χ1v) is 9.69. The molecule has 0 unspecified atom stereocenters. The molecule has 0 aliphatic heterocycles. The molecule has 3 aromatic rings. The minimum Gasteiger partial charge on any atom is -0.495 e. The van der Waals surface area contributed by atoms with Gasteiger partial charge in [0.25, 0.3) is 5.89 Å². The Hall–Kier alpha value is -2.19. The maximum atomic E-state index is 6.03. The summed E-state index contributed by atoms with van der Waals surface area (Å²) in [6, 6.07) is 5.87. The Bertz CT molecular complexity index is 875. The molecule has 26 heavy (non-hydrogen) atoms. The molecular weight excluding hydrogens is 352 g/mol. The highest BCUT2D eigenvalue weighted by atomic mass is 32.2. The fourth-order valence-corrected chi connectivity index (χ4v) is 3.45. The number of hydrogen-bond donors (Lipinski definition) is 1. The number of nitrogens with two attached hydrogens (primary N) is 1. The highest BCUT2D eigenvalue weighted by Crippen LogP contribution is 2.38. The number of rotatable bonds is 9. The Balaban J connectivity index is 1.88. The van der Waals surface area contributed by atoms with Gasteiger partial charge < -0.3 is 24.3 Å². The molecule has 2 heterocycles. The highest BCUT2D eigenvalue weighted by Gasteiger charge is 2.19. The van der Waals surface area contributed by atoms with Crippen molar-refractivity contribution >= 4 is 22.7 Å². The Morgan fingerprint density at radius 1 is 1.27 bits per heavy atom. The first kappa shape index (κ1) is 18.6. The van der Waals surface area contributed by atoms with Crippen LogP contribution in [-0.2, 0) is 7.05 Å². The number of benzene rings is 1. The van der Waals surface area contributed by atoms with Crippen molar-refractivity contribution in [1.82, 2.24) is 14.7 Å². The van der Waals surface area contributed by atoms with E-state index in [1.54, 1.807) is 25.8 Å². The Morgan fingerprint density at radius 2 is 2.08 bits per heavy atom. The molecule has 7 nitrogen and oxygen atoms in total. The van der Waals surface area contributed by atoms with Gasteiger partial charge in [-0.2, -0.15) is 4.98 Å². The lowest BCUT2D eigenvalue weighted by Crippen LogP contribution is -2.00. The van der Waals surface area contributed by atoms with E-state index in [4.69, 9.17) is 19.7 Å². The van der Waals surface area contributed by atoms with E-state index in [0.717, 1.165) is 46.7 Å². The van der Waals surface area contributed by atoms with Crippen molar-refractivity contribution in [2.24, 2.45) is 12.8 Å². The van der Waals surface area contributed by atoms with Crippen molar-refractivity contribution in [3.63, 3.8) is 0 Å². The van der Waals surface area contributed by atoms with Crippen molar-refractivity contribution in [3.8, 4) is 23.1 Å². The second-order valence-electron chi connectivity index (χ2n) is 5.89. The molecule has 0 spiro atoms. The van der Waals surface area contributed by atoms with Gasteiger partial charge in [0, 0.05) is 18.3 Å². The molecule has 1 aromatic carbocycles. The summed E-state index contributed by atoms with van der Waals surface area (Å²) in [7, 11) is 3.61. The van der Waals surface area contributed by atoms with Crippen LogP contribution in [0.2, 0.25) is 0 Å². The topological polar surface area (TPSA) is 88.3 Å². The van der Waals surface area contributed by atoms with Gasteiger partial charge in [0.05, 0.1) is 19.2 Å². The van der Waals surface area contributed by atoms with Crippen molar-refractivity contribution in [2.45, 2.75) is 19.8 Å². The lowest BCUT2D eigenvalue weighted by atomic mass is 10.2. The van der Waals surface area contributed by atoms with Crippen LogP contribution in [0.25, 0.3) is 22.5 Å². The second kappa shape index (κ2) is 8.46. The van der Waals surface area contributed by atoms with Gasteiger partial charge in [-0.3, -0.25) is 0 Å². The zero-order valence-electron chi connectivity index (χ0n) is 15.3. The minimum atomic E-state index is 0.480. The molecule has 0 bridgehead atoms. The van der Waals surface area contributed by atoms with Gasteiger partial charge in [-0.25, -0.2) is 0 Å². The van der Waals surface area contributed by atoms with E-state index < -0.39 is 0 Å². The molecule has 2 aromatic heterocycles. The molecule has 0 fully saturated rings. The number of thioether (sulfide) groups is 1. The summed E-state index contributed by atoms with van der Waals surface area (Å²) in [6.07, 6.45) is 2.07. The van der Waals surface area contributed by atoms with Gasteiger partial charge in [0.1, 0.15) is 17.2 Å². The summed E-state index contributed by atoms with van der Waals surface area (Å²) in [5.74, 6) is 4.41. The predicted octanol–water partition coefficient (Wildman–Crippen LogP) is 3.35. The normalized spacial score (nSPS) is 11.2. The van der Waals surface area contributed by atoms with Crippen LogP contribution in [0.1, 0.15) is 18.7 Å². The molecule has 0 aliphatic rings. The van der Waals surface area contributed by atoms with Crippen LogP contribution in [0.15, 0.2) is 22.7 Å². The minimum absolute atomic E-state index is 0.480. The van der Waals surface area contributed by atoms with Crippen molar-refractivity contribution in [2.75, 3.05) is 25.3 Å². The van der Waals surface area contributed by atoms with E-state index in [2.05, 4.69) is 10.1 Å². The standard InChI is InChI=1S/C18H24N4O3S/c1-12-20-18(25-21-12)14-10-13-15(24-8-4-5-9-26-11-19)6-7-16(23-3)17(13)22(14)2/h6-7,10H,4-5,8-9,11,19H2,1-3H3. The summed E-state index contributed by atoms with van der Waals surface area (Å²) < 4.78 is 18.9. The average Bonchev–Trinajstić information content (AvgIpc) is 3.22. The van der Waals surface area contributed by atoms with Crippen molar-refractivity contribution in [1.29, 1.82) is 0 Å². The van der Waals surface area contributed by atoms with E-state index in [9.17, 15) is 0 Å². The van der Waals surface area contributed by atoms with Gasteiger partial charge in [-0.15, -0.1) is 11.8 Å². The number of nitrogens with zero attached hydrogens (tertiary/aromatic N) is 3. The molecule has 0 saturated heterocycles. The lowest BCUT2D eigenvalue weighted by molar-refractivity contribution is 0.313. The van der Waals surface area contributed by atoms with Crippen LogP contribution in [0.5, 0.6) is 11.5 Å². The van der Waals surface area contributed by atoms with Gasteiger partial charge in [0.2, 0.25) is 0 Å². The van der Waals surface area contributed by atoms with Gasteiger partial charge in [0.15, 0.2) is 5.82 Å². The Morgan fingerprint density at radius 3 is 2.77 bits per heavy atom. The van der Waals surface area contributed by atoms with Crippen molar-refractivity contribution in [3.05, 3.63) is 24.0 Å². The van der Waals surface area contributed by atoms with Crippen LogP contribution in [0, 0.1) is 6.92 Å². The first-order valence-electron chi connectivity index (χ1n) is 8.53. The summed E-state index contributed by atoms with van der Waals surface area (Å²) in [5.41, 5.74) is 7.26. The van der Waals surface area contributed by atoms with Crippen LogP contribution < -0.4 is 15.2 Å². The number of methoxy groups -OCH3 is 1. The molecule has 0 radical (unpaired) electrons. The van der Waals surface area contributed by atoms with E-state index >= 15 is 0 Å². The third-order valence-corrected chi connectivity index (χ3v) is 4.96.